The molecule has 8 nitrogen and oxygen atoms in total. The Morgan fingerprint density at radius 3 is 2.74 bits per heavy atom. The van der Waals surface area contributed by atoms with Gasteiger partial charge in [-0.15, -0.1) is 11.3 Å². The minimum absolute atomic E-state index is 0.175. The standard InChI is InChI=1S/C23H27FN2O6S2/c1-3-32-23(28)20-16-6-4-14(2)12-19(16)33-22(20)25-21(27)17-13-15(5-7-18(17)24)34(29,30)26-8-10-31-11-9-26/h5,7,13-14H,3-4,6,8-12H2,1-2H3,(H,25,27)/t14-/m0/s1. The summed E-state index contributed by atoms with van der Waals surface area (Å²) in [5, 5.41) is 2.94. The van der Waals surface area contributed by atoms with Gasteiger partial charge >= 0.3 is 5.97 Å². The van der Waals surface area contributed by atoms with E-state index in [1.165, 1.54) is 15.6 Å². The Kier molecular flexibility index (Phi) is 7.36. The maximum Gasteiger partial charge on any atom is 0.341 e. The van der Waals surface area contributed by atoms with Crippen LogP contribution in [0.4, 0.5) is 9.39 Å². The van der Waals surface area contributed by atoms with Gasteiger partial charge in [-0.2, -0.15) is 4.31 Å². The molecule has 2 heterocycles. The monoisotopic (exact) mass is 510 g/mol. The van der Waals surface area contributed by atoms with E-state index in [0.29, 0.717) is 22.9 Å². The lowest BCUT2D eigenvalue weighted by atomic mass is 9.88. The summed E-state index contributed by atoms with van der Waals surface area (Å²) in [6.07, 6.45) is 2.39. The zero-order chi connectivity index (χ0) is 24.5. The largest absolute Gasteiger partial charge is 0.462 e. The van der Waals surface area contributed by atoms with Gasteiger partial charge in [0.25, 0.3) is 5.91 Å². The molecule has 1 aromatic heterocycles. The van der Waals surface area contributed by atoms with Gasteiger partial charge in [-0.1, -0.05) is 6.92 Å². The van der Waals surface area contributed by atoms with Crippen LogP contribution in [0.25, 0.3) is 0 Å². The summed E-state index contributed by atoms with van der Waals surface area (Å²) >= 11 is 1.29. The second kappa shape index (κ2) is 10.1. The van der Waals surface area contributed by atoms with Crippen molar-refractivity contribution < 1.29 is 31.9 Å². The van der Waals surface area contributed by atoms with Crippen LogP contribution in [0.1, 0.15) is 51.4 Å². The summed E-state index contributed by atoms with van der Waals surface area (Å²) in [6.45, 7) is 4.92. The van der Waals surface area contributed by atoms with Gasteiger partial charge in [0.05, 0.1) is 35.8 Å². The van der Waals surface area contributed by atoms with Gasteiger partial charge in [-0.25, -0.2) is 17.6 Å². The molecule has 0 spiro atoms. The molecule has 11 heteroatoms. The van der Waals surface area contributed by atoms with E-state index in [9.17, 15) is 22.4 Å². The molecule has 1 saturated heterocycles. The van der Waals surface area contributed by atoms with Crippen molar-refractivity contribution in [3.05, 3.63) is 45.6 Å². The van der Waals surface area contributed by atoms with E-state index >= 15 is 0 Å². The van der Waals surface area contributed by atoms with Crippen LogP contribution in [0.5, 0.6) is 0 Å². The molecule has 2 aliphatic rings. The van der Waals surface area contributed by atoms with Crippen LogP contribution in [-0.2, 0) is 32.3 Å². The Labute approximate surface area is 202 Å². The Hall–Kier alpha value is -2.34. The summed E-state index contributed by atoms with van der Waals surface area (Å²) in [5.41, 5.74) is 0.754. The number of fused-ring (bicyclic) bond motifs is 1. The summed E-state index contributed by atoms with van der Waals surface area (Å²) < 4.78 is 52.2. The van der Waals surface area contributed by atoms with Gasteiger partial charge < -0.3 is 14.8 Å². The highest BCUT2D eigenvalue weighted by molar-refractivity contribution is 7.89. The SMILES string of the molecule is CCOC(=O)c1c(NC(=O)c2cc(S(=O)(=O)N3CCOCC3)ccc2F)sc2c1CC[C@H](C)C2. The molecule has 1 N–H and O–H groups in total. The van der Waals surface area contributed by atoms with E-state index in [2.05, 4.69) is 12.2 Å². The van der Waals surface area contributed by atoms with E-state index in [1.807, 2.05) is 0 Å². The van der Waals surface area contributed by atoms with Crippen molar-refractivity contribution in [1.29, 1.82) is 0 Å². The van der Waals surface area contributed by atoms with Gasteiger partial charge in [0, 0.05) is 18.0 Å². The molecule has 2 aromatic rings. The maximum atomic E-state index is 14.6. The number of nitrogens with one attached hydrogen (secondary N) is 1. The first-order valence-electron chi connectivity index (χ1n) is 11.2. The number of amides is 1. The van der Waals surface area contributed by atoms with Crippen molar-refractivity contribution in [1.82, 2.24) is 4.31 Å². The van der Waals surface area contributed by atoms with Gasteiger partial charge in [-0.3, -0.25) is 4.79 Å². The topological polar surface area (TPSA) is 102 Å². The fraction of sp³-hybridized carbons (Fsp3) is 0.478. The molecule has 0 radical (unpaired) electrons. The first kappa shape index (κ1) is 24.8. The minimum atomic E-state index is -3.91. The Bertz CT molecular complexity index is 1200. The smallest absolute Gasteiger partial charge is 0.341 e. The zero-order valence-corrected chi connectivity index (χ0v) is 20.7. The number of carbonyl (C=O) groups excluding carboxylic acids is 2. The van der Waals surface area contributed by atoms with E-state index in [-0.39, 0.29) is 37.8 Å². The number of benzene rings is 1. The van der Waals surface area contributed by atoms with Crippen molar-refractivity contribution in [2.24, 2.45) is 5.92 Å². The lowest BCUT2D eigenvalue weighted by Gasteiger charge is -2.26. The highest BCUT2D eigenvalue weighted by Gasteiger charge is 2.31. The molecule has 1 aromatic carbocycles. The third-order valence-corrected chi connectivity index (χ3v) is 9.07. The van der Waals surface area contributed by atoms with Gasteiger partial charge in [0.15, 0.2) is 0 Å². The number of ether oxygens (including phenoxy) is 2. The van der Waals surface area contributed by atoms with Crippen LogP contribution in [0.2, 0.25) is 0 Å². The molecule has 184 valence electrons. The second-order valence-electron chi connectivity index (χ2n) is 8.39. The molecular weight excluding hydrogens is 483 g/mol. The van der Waals surface area contributed by atoms with Gasteiger partial charge in [-0.05, 0) is 55.9 Å². The molecule has 1 fully saturated rings. The maximum absolute atomic E-state index is 14.6. The average Bonchev–Trinajstić information content (AvgIpc) is 3.16. The van der Waals surface area contributed by atoms with Crippen LogP contribution in [-0.4, -0.2) is 57.5 Å². The third-order valence-electron chi connectivity index (χ3n) is 6.01. The number of halogens is 1. The lowest BCUT2D eigenvalue weighted by molar-refractivity contribution is 0.0526. The first-order valence-corrected chi connectivity index (χ1v) is 13.5. The number of hydrogen-bond donors (Lipinski definition) is 1. The first-order chi connectivity index (χ1) is 16.2. The highest BCUT2D eigenvalue weighted by Crippen LogP contribution is 2.40. The van der Waals surface area contributed by atoms with Crippen LogP contribution < -0.4 is 5.32 Å². The number of carbonyl (C=O) groups is 2. The van der Waals surface area contributed by atoms with Gasteiger partial charge in [0.1, 0.15) is 10.8 Å². The molecule has 34 heavy (non-hydrogen) atoms. The lowest BCUT2D eigenvalue weighted by Crippen LogP contribution is -2.40. The molecule has 1 aliphatic carbocycles. The van der Waals surface area contributed by atoms with Crippen molar-refractivity contribution in [2.75, 3.05) is 38.2 Å². The number of hydrogen-bond acceptors (Lipinski definition) is 7. The van der Waals surface area contributed by atoms with Crippen molar-refractivity contribution in [3.63, 3.8) is 0 Å². The molecule has 0 unspecified atom stereocenters. The van der Waals surface area contributed by atoms with Crippen molar-refractivity contribution in [3.8, 4) is 0 Å². The molecule has 1 atom stereocenters. The van der Waals surface area contributed by atoms with Crippen LogP contribution in [0.15, 0.2) is 23.1 Å². The van der Waals surface area contributed by atoms with Crippen LogP contribution >= 0.6 is 11.3 Å². The predicted octanol–water partition coefficient (Wildman–Crippen LogP) is 3.46. The number of rotatable bonds is 6. The zero-order valence-electron chi connectivity index (χ0n) is 19.1. The molecule has 1 amide bonds. The number of thiophene rings is 1. The van der Waals surface area contributed by atoms with E-state index in [4.69, 9.17) is 9.47 Å². The second-order valence-corrected chi connectivity index (χ2v) is 11.4. The molecular formula is C23H27FN2O6S2. The van der Waals surface area contributed by atoms with E-state index in [1.54, 1.807) is 6.92 Å². The van der Waals surface area contributed by atoms with Gasteiger partial charge in [0.2, 0.25) is 10.0 Å². The number of morpholine rings is 1. The average molecular weight is 511 g/mol. The van der Waals surface area contributed by atoms with Crippen LogP contribution in [0.3, 0.4) is 0 Å². The number of sulfonamides is 1. The number of nitrogens with zero attached hydrogens (tertiary/aromatic N) is 1. The Morgan fingerprint density at radius 2 is 2.03 bits per heavy atom. The fourth-order valence-corrected chi connectivity index (χ4v) is 7.03. The van der Waals surface area contributed by atoms with Crippen molar-refractivity contribution in [2.45, 2.75) is 38.0 Å². The Morgan fingerprint density at radius 1 is 1.29 bits per heavy atom. The summed E-state index contributed by atoms with van der Waals surface area (Å²) in [6, 6.07) is 3.15. The normalized spacial score (nSPS) is 18.9. The molecule has 0 saturated carbocycles. The molecule has 4 rings (SSSR count). The minimum Gasteiger partial charge on any atom is -0.462 e. The summed E-state index contributed by atoms with van der Waals surface area (Å²) in [7, 11) is -3.91. The van der Waals surface area contributed by atoms with Crippen molar-refractivity contribution >= 4 is 38.2 Å². The summed E-state index contributed by atoms with van der Waals surface area (Å²) in [5.74, 6) is -1.77. The Balaban J connectivity index is 1.66. The fourth-order valence-electron chi connectivity index (χ4n) is 4.20. The van der Waals surface area contributed by atoms with E-state index < -0.39 is 33.3 Å². The van der Waals surface area contributed by atoms with Crippen LogP contribution in [0, 0.1) is 11.7 Å². The number of anilines is 1. The molecule has 0 bridgehead atoms. The summed E-state index contributed by atoms with van der Waals surface area (Å²) in [4.78, 5) is 26.6. The molecule has 1 aliphatic heterocycles. The predicted molar refractivity (Wildman–Crippen MR) is 125 cm³/mol. The number of esters is 1. The third kappa shape index (κ3) is 4.88. The van der Waals surface area contributed by atoms with E-state index in [0.717, 1.165) is 41.5 Å². The highest BCUT2D eigenvalue weighted by atomic mass is 32.2. The quantitative estimate of drug-likeness (QED) is 0.597.